The van der Waals surface area contributed by atoms with Crippen LogP contribution >= 0.6 is 11.6 Å². The lowest BCUT2D eigenvalue weighted by atomic mass is 10.0. The molecule has 1 unspecified atom stereocenters. The van der Waals surface area contributed by atoms with Gasteiger partial charge in [-0.05, 0) is 35.4 Å². The van der Waals surface area contributed by atoms with Crippen LogP contribution in [0.25, 0.3) is 0 Å². The summed E-state index contributed by atoms with van der Waals surface area (Å²) in [6, 6.07) is 6.82. The van der Waals surface area contributed by atoms with Gasteiger partial charge in [0.05, 0.1) is 11.1 Å². The lowest BCUT2D eigenvalue weighted by Crippen LogP contribution is -2.03. The van der Waals surface area contributed by atoms with Gasteiger partial charge in [0.25, 0.3) is 0 Å². The predicted octanol–water partition coefficient (Wildman–Crippen LogP) is 4.03. The monoisotopic (exact) mass is 286 g/mol. The number of aliphatic hydroxyl groups excluding tert-OH is 1. The molecule has 0 aliphatic carbocycles. The van der Waals surface area contributed by atoms with Gasteiger partial charge in [0.1, 0.15) is 17.5 Å². The van der Waals surface area contributed by atoms with Gasteiger partial charge in [0.2, 0.25) is 0 Å². The highest BCUT2D eigenvalue weighted by molar-refractivity contribution is 6.30. The summed E-state index contributed by atoms with van der Waals surface area (Å²) >= 11 is 5.61. The van der Waals surface area contributed by atoms with Gasteiger partial charge < -0.3 is 5.11 Å². The van der Waals surface area contributed by atoms with Gasteiger partial charge in [0.15, 0.2) is 0 Å². The topological polar surface area (TPSA) is 20.2 Å². The van der Waals surface area contributed by atoms with E-state index in [4.69, 9.17) is 11.6 Å². The fourth-order valence-corrected chi connectivity index (χ4v) is 1.98. The van der Waals surface area contributed by atoms with Gasteiger partial charge in [-0.3, -0.25) is 0 Å². The molecule has 0 heterocycles. The molecule has 2 aromatic carbocycles. The number of benzene rings is 2. The van der Waals surface area contributed by atoms with Gasteiger partial charge >= 0.3 is 0 Å². The van der Waals surface area contributed by atoms with E-state index in [1.807, 2.05) is 0 Å². The summed E-state index contributed by atoms with van der Waals surface area (Å²) in [4.78, 5) is 0. The standard InChI is InChI=1S/C14H10ClF3O/c15-12-6-9(1-2-13(12)18)14(19)5-8-3-10(16)7-11(17)4-8/h1-4,6-7,14,19H,5H2. The van der Waals surface area contributed by atoms with E-state index in [-0.39, 0.29) is 11.4 Å². The van der Waals surface area contributed by atoms with E-state index < -0.39 is 23.6 Å². The van der Waals surface area contributed by atoms with Crippen LogP contribution in [0.5, 0.6) is 0 Å². The second-order valence-corrected chi connectivity index (χ2v) is 4.58. The lowest BCUT2D eigenvalue weighted by molar-refractivity contribution is 0.178. The summed E-state index contributed by atoms with van der Waals surface area (Å²) in [7, 11) is 0. The molecule has 0 saturated heterocycles. The highest BCUT2D eigenvalue weighted by atomic mass is 35.5. The smallest absolute Gasteiger partial charge is 0.141 e. The minimum Gasteiger partial charge on any atom is -0.388 e. The molecule has 0 aliphatic rings. The van der Waals surface area contributed by atoms with Crippen molar-refractivity contribution in [3.63, 3.8) is 0 Å². The third-order valence-corrected chi connectivity index (χ3v) is 2.97. The van der Waals surface area contributed by atoms with Gasteiger partial charge in [-0.2, -0.15) is 0 Å². The van der Waals surface area contributed by atoms with Crippen molar-refractivity contribution in [3.8, 4) is 0 Å². The molecule has 0 aromatic heterocycles. The first-order valence-corrected chi connectivity index (χ1v) is 5.91. The fourth-order valence-electron chi connectivity index (χ4n) is 1.79. The van der Waals surface area contributed by atoms with Crippen LogP contribution in [0, 0.1) is 17.5 Å². The van der Waals surface area contributed by atoms with Crippen molar-refractivity contribution in [2.24, 2.45) is 0 Å². The highest BCUT2D eigenvalue weighted by Crippen LogP contribution is 2.24. The summed E-state index contributed by atoms with van der Waals surface area (Å²) < 4.78 is 39.0. The van der Waals surface area contributed by atoms with E-state index >= 15 is 0 Å². The molecule has 5 heteroatoms. The largest absolute Gasteiger partial charge is 0.388 e. The van der Waals surface area contributed by atoms with Crippen LogP contribution in [0.3, 0.4) is 0 Å². The first-order chi connectivity index (χ1) is 8.95. The Labute approximate surface area is 113 Å². The Hall–Kier alpha value is -1.52. The molecule has 0 bridgehead atoms. The Morgan fingerprint density at radius 2 is 1.63 bits per heavy atom. The van der Waals surface area contributed by atoms with Crippen molar-refractivity contribution in [2.75, 3.05) is 0 Å². The molecule has 1 atom stereocenters. The van der Waals surface area contributed by atoms with Crippen LogP contribution < -0.4 is 0 Å². The molecule has 2 rings (SSSR count). The number of hydrogen-bond acceptors (Lipinski definition) is 1. The van der Waals surface area contributed by atoms with Crippen molar-refractivity contribution in [3.05, 3.63) is 70.0 Å². The maximum atomic E-state index is 13.0. The average Bonchev–Trinajstić information content (AvgIpc) is 2.31. The number of aliphatic hydroxyl groups is 1. The molecular formula is C14H10ClF3O. The molecule has 0 amide bonds. The zero-order chi connectivity index (χ0) is 14.0. The minimum atomic E-state index is -1.01. The Morgan fingerprint density at radius 3 is 2.21 bits per heavy atom. The maximum Gasteiger partial charge on any atom is 0.141 e. The van der Waals surface area contributed by atoms with E-state index in [9.17, 15) is 18.3 Å². The molecule has 0 saturated carbocycles. The second kappa shape index (κ2) is 5.63. The number of rotatable bonds is 3. The van der Waals surface area contributed by atoms with Crippen molar-refractivity contribution < 1.29 is 18.3 Å². The average molecular weight is 287 g/mol. The molecule has 19 heavy (non-hydrogen) atoms. The molecular weight excluding hydrogens is 277 g/mol. The summed E-state index contributed by atoms with van der Waals surface area (Å²) in [6.07, 6.45) is -1.00. The van der Waals surface area contributed by atoms with Crippen LogP contribution in [-0.2, 0) is 6.42 Å². The normalized spacial score (nSPS) is 12.5. The zero-order valence-electron chi connectivity index (χ0n) is 9.71. The number of hydrogen-bond donors (Lipinski definition) is 1. The first-order valence-electron chi connectivity index (χ1n) is 5.53. The third kappa shape index (κ3) is 3.49. The summed E-state index contributed by atoms with van der Waals surface area (Å²) in [5.41, 5.74) is 0.696. The van der Waals surface area contributed by atoms with Crippen LogP contribution in [0.2, 0.25) is 5.02 Å². The van der Waals surface area contributed by atoms with Crippen LogP contribution in [0.15, 0.2) is 36.4 Å². The van der Waals surface area contributed by atoms with Crippen LogP contribution in [-0.4, -0.2) is 5.11 Å². The molecule has 0 fully saturated rings. The molecule has 0 aliphatic heterocycles. The van der Waals surface area contributed by atoms with Crippen LogP contribution in [0.1, 0.15) is 17.2 Å². The summed E-state index contributed by atoms with van der Waals surface area (Å²) in [6.45, 7) is 0. The van der Waals surface area contributed by atoms with Gasteiger partial charge in [-0.25, -0.2) is 13.2 Å². The van der Waals surface area contributed by atoms with Crippen LogP contribution in [0.4, 0.5) is 13.2 Å². The SMILES string of the molecule is OC(Cc1cc(F)cc(F)c1)c1ccc(F)c(Cl)c1. The minimum absolute atomic E-state index is 0.0106. The van der Waals surface area contributed by atoms with E-state index in [0.717, 1.165) is 24.3 Å². The quantitative estimate of drug-likeness (QED) is 0.903. The van der Waals surface area contributed by atoms with Gasteiger partial charge in [-0.15, -0.1) is 0 Å². The number of halogens is 4. The van der Waals surface area contributed by atoms with E-state index in [2.05, 4.69) is 0 Å². The van der Waals surface area contributed by atoms with Crippen molar-refractivity contribution in [2.45, 2.75) is 12.5 Å². The molecule has 100 valence electrons. The Bertz CT molecular complexity index is 581. The molecule has 0 spiro atoms. The van der Waals surface area contributed by atoms with E-state index in [0.29, 0.717) is 11.1 Å². The van der Waals surface area contributed by atoms with Gasteiger partial charge in [-0.1, -0.05) is 17.7 Å². The lowest BCUT2D eigenvalue weighted by Gasteiger charge is -2.12. The van der Waals surface area contributed by atoms with Crippen molar-refractivity contribution >= 4 is 11.6 Å². The summed E-state index contributed by atoms with van der Waals surface area (Å²) in [5.74, 6) is -2.01. The second-order valence-electron chi connectivity index (χ2n) is 4.17. The van der Waals surface area contributed by atoms with E-state index in [1.54, 1.807) is 0 Å². The first kappa shape index (κ1) is 13.9. The Kier molecular flexibility index (Phi) is 4.12. The summed E-state index contributed by atoms with van der Waals surface area (Å²) in [5, 5.41) is 9.84. The van der Waals surface area contributed by atoms with Gasteiger partial charge in [0, 0.05) is 12.5 Å². The Balaban J connectivity index is 2.20. The zero-order valence-corrected chi connectivity index (χ0v) is 10.5. The molecule has 0 radical (unpaired) electrons. The third-order valence-electron chi connectivity index (χ3n) is 2.68. The van der Waals surface area contributed by atoms with Crippen molar-refractivity contribution in [1.29, 1.82) is 0 Å². The Morgan fingerprint density at radius 1 is 1.00 bits per heavy atom. The highest BCUT2D eigenvalue weighted by Gasteiger charge is 2.12. The molecule has 2 aromatic rings. The molecule has 1 nitrogen and oxygen atoms in total. The van der Waals surface area contributed by atoms with E-state index in [1.165, 1.54) is 12.1 Å². The predicted molar refractivity (Wildman–Crippen MR) is 66.4 cm³/mol. The fraction of sp³-hybridized carbons (Fsp3) is 0.143. The molecule has 1 N–H and O–H groups in total. The van der Waals surface area contributed by atoms with Crippen molar-refractivity contribution in [1.82, 2.24) is 0 Å². The maximum absolute atomic E-state index is 13.0.